The first kappa shape index (κ1) is 37.4. The Bertz CT molecular complexity index is 3650. The minimum Gasteiger partial charge on any atom is -0.456 e. The van der Waals surface area contributed by atoms with Gasteiger partial charge in [0.25, 0.3) is 0 Å². The van der Waals surface area contributed by atoms with Crippen LogP contribution < -0.4 is 20.8 Å². The maximum absolute atomic E-state index is 16.7. The lowest BCUT2D eigenvalue weighted by molar-refractivity contribution is 0.590. The minimum atomic E-state index is -3.50. The summed E-state index contributed by atoms with van der Waals surface area (Å²) in [5.74, 6) is 0. The van der Waals surface area contributed by atoms with Crippen molar-refractivity contribution in [2.24, 2.45) is 0 Å². The topological polar surface area (TPSA) is 59.2 Å². The van der Waals surface area contributed by atoms with E-state index in [0.29, 0.717) is 0 Å². The first-order valence-electron chi connectivity index (χ1n) is 21.9. The van der Waals surface area contributed by atoms with Crippen LogP contribution in [0, 0.1) is 0 Å². The van der Waals surface area contributed by atoms with Crippen LogP contribution in [-0.4, -0.2) is 9.97 Å². The van der Waals surface area contributed by atoms with Crippen LogP contribution in [0.3, 0.4) is 0 Å². The summed E-state index contributed by atoms with van der Waals surface area (Å²) in [6, 6.07) is 76.1. The number of rotatable bonds is 5. The second-order valence-corrected chi connectivity index (χ2v) is 19.5. The zero-order chi connectivity index (χ0) is 43.1. The molecule has 0 amide bonds. The molecule has 8 aromatic carbocycles. The fourth-order valence-electron chi connectivity index (χ4n) is 10.6. The van der Waals surface area contributed by atoms with Crippen molar-refractivity contribution >= 4 is 62.1 Å². The third-order valence-corrected chi connectivity index (χ3v) is 16.5. The van der Waals surface area contributed by atoms with Gasteiger partial charge >= 0.3 is 0 Å². The molecule has 11 aromatic rings. The predicted molar refractivity (Wildman–Crippen MR) is 265 cm³/mol. The van der Waals surface area contributed by atoms with Crippen LogP contribution in [0.2, 0.25) is 0 Å². The SMILES string of the molecule is O=P1(c2ccccc2)c2ccccc2C2(c3ccccc3N(c3ccccc3)c3cc(-c4cc(-c5ccccc5)cc(-c5cccnc5)n4)ccc32)c2cc3c(cc21)oc1ccccc13. The molecule has 2 aliphatic rings. The van der Waals surface area contributed by atoms with Gasteiger partial charge < -0.3 is 13.9 Å². The largest absolute Gasteiger partial charge is 0.456 e. The van der Waals surface area contributed by atoms with E-state index in [1.165, 1.54) is 0 Å². The third kappa shape index (κ3) is 5.49. The number of aromatic nitrogens is 2. The Labute approximate surface area is 376 Å². The minimum absolute atomic E-state index is 0.718. The molecule has 13 rings (SSSR count). The van der Waals surface area contributed by atoms with Crippen LogP contribution in [-0.2, 0) is 9.98 Å². The summed E-state index contributed by atoms with van der Waals surface area (Å²) in [4.78, 5) is 12.2. The highest BCUT2D eigenvalue weighted by molar-refractivity contribution is 7.85. The van der Waals surface area contributed by atoms with Gasteiger partial charge in [0.2, 0.25) is 0 Å². The van der Waals surface area contributed by atoms with Crippen LogP contribution >= 0.6 is 7.14 Å². The summed E-state index contributed by atoms with van der Waals surface area (Å²) in [6.07, 6.45) is 3.67. The van der Waals surface area contributed by atoms with Gasteiger partial charge in [0.15, 0.2) is 7.14 Å². The Balaban J connectivity index is 1.16. The van der Waals surface area contributed by atoms with Gasteiger partial charge in [-0.25, -0.2) is 4.98 Å². The first-order chi connectivity index (χ1) is 32.1. The molecule has 0 N–H and O–H groups in total. The number of hydrogen-bond donors (Lipinski definition) is 0. The zero-order valence-electron chi connectivity index (χ0n) is 35.0. The maximum atomic E-state index is 16.7. The molecule has 2 aliphatic heterocycles. The van der Waals surface area contributed by atoms with E-state index < -0.39 is 12.6 Å². The highest BCUT2D eigenvalue weighted by Gasteiger charge is 2.55. The van der Waals surface area contributed by atoms with Crippen molar-refractivity contribution in [3.8, 4) is 33.6 Å². The third-order valence-electron chi connectivity index (χ3n) is 13.4. The van der Waals surface area contributed by atoms with Crippen molar-refractivity contribution in [2.75, 3.05) is 4.90 Å². The molecule has 6 heteroatoms. The number of fused-ring (bicyclic) bond motifs is 11. The van der Waals surface area contributed by atoms with Gasteiger partial charge in [-0.05, 0) is 100 Å². The average molecular weight is 852 g/mol. The van der Waals surface area contributed by atoms with E-state index in [2.05, 4.69) is 168 Å². The summed E-state index contributed by atoms with van der Waals surface area (Å²) in [5, 5.41) is 4.41. The Kier molecular flexibility index (Phi) is 8.33. The molecule has 0 radical (unpaired) electrons. The Morgan fingerprint density at radius 2 is 1.11 bits per heavy atom. The fourth-order valence-corrected chi connectivity index (χ4v) is 13.8. The zero-order valence-corrected chi connectivity index (χ0v) is 35.9. The molecular weight excluding hydrogens is 814 g/mol. The summed E-state index contributed by atoms with van der Waals surface area (Å²) in [6.45, 7) is 0. The molecule has 3 aromatic heterocycles. The first-order valence-corrected chi connectivity index (χ1v) is 23.6. The highest BCUT2D eigenvalue weighted by atomic mass is 31.2. The van der Waals surface area contributed by atoms with Crippen molar-refractivity contribution in [1.29, 1.82) is 0 Å². The van der Waals surface area contributed by atoms with Gasteiger partial charge in [-0.3, -0.25) is 4.98 Å². The monoisotopic (exact) mass is 851 g/mol. The van der Waals surface area contributed by atoms with Crippen molar-refractivity contribution in [2.45, 2.75) is 5.41 Å². The molecule has 0 bridgehead atoms. The van der Waals surface area contributed by atoms with E-state index >= 15 is 4.57 Å². The number of benzene rings is 8. The lowest BCUT2D eigenvalue weighted by atomic mass is 9.62. The molecular formula is C59H38N3O2P. The predicted octanol–water partition coefficient (Wildman–Crippen LogP) is 13.5. The second kappa shape index (κ2) is 14.5. The van der Waals surface area contributed by atoms with Crippen molar-refractivity contribution in [3.63, 3.8) is 0 Å². The van der Waals surface area contributed by atoms with Gasteiger partial charge in [-0.2, -0.15) is 0 Å². The fraction of sp³-hybridized carbons (Fsp3) is 0.0169. The van der Waals surface area contributed by atoms with E-state index in [0.717, 1.165) is 111 Å². The number of anilines is 3. The van der Waals surface area contributed by atoms with Gasteiger partial charge in [-0.15, -0.1) is 0 Å². The maximum Gasteiger partial charge on any atom is 0.171 e. The lowest BCUT2D eigenvalue weighted by Crippen LogP contribution is -2.49. The average Bonchev–Trinajstić information content (AvgIpc) is 3.75. The van der Waals surface area contributed by atoms with Crippen LogP contribution in [0.25, 0.3) is 55.6 Å². The van der Waals surface area contributed by atoms with Crippen LogP contribution in [0.5, 0.6) is 0 Å². The lowest BCUT2D eigenvalue weighted by Gasteiger charge is -2.50. The van der Waals surface area contributed by atoms with Gasteiger partial charge in [0, 0.05) is 55.9 Å². The second-order valence-electron chi connectivity index (χ2n) is 16.8. The molecule has 2 unspecified atom stereocenters. The van der Waals surface area contributed by atoms with E-state index in [1.54, 1.807) is 6.20 Å². The molecule has 2 atom stereocenters. The molecule has 1 spiro atoms. The molecule has 306 valence electrons. The molecule has 65 heavy (non-hydrogen) atoms. The summed E-state index contributed by atoms with van der Waals surface area (Å²) in [7, 11) is -3.50. The van der Waals surface area contributed by atoms with E-state index in [-0.39, 0.29) is 0 Å². The van der Waals surface area contributed by atoms with Crippen molar-refractivity contribution in [3.05, 3.63) is 253 Å². The van der Waals surface area contributed by atoms with Crippen LogP contribution in [0.4, 0.5) is 17.1 Å². The molecule has 0 saturated carbocycles. The Morgan fingerprint density at radius 3 is 1.91 bits per heavy atom. The molecule has 0 saturated heterocycles. The molecule has 0 fully saturated rings. The van der Waals surface area contributed by atoms with Gasteiger partial charge in [0.05, 0.1) is 28.2 Å². The number of hydrogen-bond acceptors (Lipinski definition) is 5. The number of furan rings is 1. The van der Waals surface area contributed by atoms with E-state index in [1.807, 2.05) is 66.9 Å². The quantitative estimate of drug-likeness (QED) is 0.161. The summed E-state index contributed by atoms with van der Waals surface area (Å²) in [5.41, 5.74) is 13.6. The highest BCUT2D eigenvalue weighted by Crippen LogP contribution is 2.63. The molecule has 5 heterocycles. The Morgan fingerprint density at radius 1 is 0.446 bits per heavy atom. The molecule has 5 nitrogen and oxygen atoms in total. The van der Waals surface area contributed by atoms with Gasteiger partial charge in [-0.1, -0.05) is 152 Å². The normalized spacial score (nSPS) is 17.1. The van der Waals surface area contributed by atoms with Crippen molar-refractivity contribution < 1.29 is 8.98 Å². The van der Waals surface area contributed by atoms with Crippen molar-refractivity contribution in [1.82, 2.24) is 9.97 Å². The summed E-state index contributed by atoms with van der Waals surface area (Å²) >= 11 is 0. The van der Waals surface area contributed by atoms with Crippen LogP contribution in [0.15, 0.2) is 235 Å². The van der Waals surface area contributed by atoms with Gasteiger partial charge in [0.1, 0.15) is 11.2 Å². The standard InChI is InChI=1S/C59H38N3O2P/c63-65(44-22-8-3-9-23-44)57-29-15-12-26-49(57)59(50-36-46-45-24-10-14-28-55(45)64-56(46)37-58(50)65)47-25-11-13-27-53(47)62(43-20-6-2-7-21-43)54-35-40(30-31-48(54)59)51-33-42(39-17-4-1-5-18-39)34-52(61-51)41-19-16-32-60-38-41/h1-38H. The number of nitrogens with zero attached hydrogens (tertiary/aromatic N) is 3. The Hall–Kier alpha value is -8.11. The van der Waals surface area contributed by atoms with E-state index in [9.17, 15) is 0 Å². The summed E-state index contributed by atoms with van der Waals surface area (Å²) < 4.78 is 23.4. The number of para-hydroxylation sites is 3. The number of pyridine rings is 2. The molecule has 0 aliphatic carbocycles. The van der Waals surface area contributed by atoms with E-state index in [4.69, 9.17) is 9.40 Å². The van der Waals surface area contributed by atoms with Crippen LogP contribution in [0.1, 0.15) is 22.3 Å². The smallest absolute Gasteiger partial charge is 0.171 e.